The molecule has 13 heteroatoms. The van der Waals surface area contributed by atoms with Gasteiger partial charge in [-0.2, -0.15) is 4.31 Å². The van der Waals surface area contributed by atoms with Crippen LogP contribution in [0.4, 0.5) is 14.0 Å². The fourth-order valence-corrected chi connectivity index (χ4v) is 6.81. The zero-order valence-corrected chi connectivity index (χ0v) is 26.3. The maximum absolute atomic E-state index is 14.2. The first-order valence-electron chi connectivity index (χ1n) is 13.7. The first-order chi connectivity index (χ1) is 19.8. The van der Waals surface area contributed by atoms with Crippen molar-refractivity contribution in [2.45, 2.75) is 76.6 Å². The van der Waals surface area contributed by atoms with Gasteiger partial charge >= 0.3 is 12.2 Å². The summed E-state index contributed by atoms with van der Waals surface area (Å²) in [4.78, 5) is 38.1. The van der Waals surface area contributed by atoms with Gasteiger partial charge in [-0.3, -0.25) is 9.36 Å². The predicted molar refractivity (Wildman–Crippen MR) is 158 cm³/mol. The molecule has 2 N–H and O–H groups in total. The van der Waals surface area contributed by atoms with Gasteiger partial charge in [0, 0.05) is 36.8 Å². The Morgan fingerprint density at radius 3 is 2.26 bits per heavy atom. The van der Waals surface area contributed by atoms with Gasteiger partial charge in [0.2, 0.25) is 15.9 Å². The molecule has 1 aliphatic heterocycles. The lowest BCUT2D eigenvalue weighted by Gasteiger charge is -2.27. The molecule has 3 aromatic rings. The lowest BCUT2D eigenvalue weighted by atomic mass is 9.99. The monoisotopic (exact) mass is 616 g/mol. The standard InChI is InChI=1S/C30H37FN4O7S/c1-17-21-13-18(22-15-34(28(38)42-30(5,6)7)24-14-19(31)10-11-20(22)24)9-12-25(21)43(39,40)35(17)16-23(26(36)32-8)33-27(37)41-29(2,3)4/h9-15,17,23H,16H2,1-8H3,(H,32,36)(H,33,37). The molecule has 2 amide bonds. The van der Waals surface area contributed by atoms with E-state index >= 15 is 0 Å². The number of carbonyl (C=O) groups excluding carboxylic acids is 3. The van der Waals surface area contributed by atoms with Gasteiger partial charge in [0.25, 0.3) is 0 Å². The summed E-state index contributed by atoms with van der Waals surface area (Å²) in [7, 11) is -2.66. The fourth-order valence-electron chi connectivity index (χ4n) is 4.91. The predicted octanol–water partition coefficient (Wildman–Crippen LogP) is 4.94. The van der Waals surface area contributed by atoms with Gasteiger partial charge in [-0.25, -0.2) is 22.4 Å². The van der Waals surface area contributed by atoms with Crippen molar-refractivity contribution in [2.24, 2.45) is 0 Å². The second kappa shape index (κ2) is 11.3. The van der Waals surface area contributed by atoms with Crippen molar-refractivity contribution < 1.29 is 36.7 Å². The van der Waals surface area contributed by atoms with Crippen molar-refractivity contribution in [1.29, 1.82) is 0 Å². The van der Waals surface area contributed by atoms with Crippen LogP contribution in [0.15, 0.2) is 47.5 Å². The molecule has 2 heterocycles. The average Bonchev–Trinajstić information content (AvgIpc) is 3.34. The normalized spacial score (nSPS) is 17.3. The molecule has 232 valence electrons. The zero-order chi connectivity index (χ0) is 32.1. The van der Waals surface area contributed by atoms with Crippen LogP contribution < -0.4 is 10.6 Å². The number of hydrogen-bond acceptors (Lipinski definition) is 7. The van der Waals surface area contributed by atoms with E-state index in [1.165, 1.54) is 36.0 Å². The molecular formula is C30H37FN4O7S. The number of nitrogens with zero attached hydrogens (tertiary/aromatic N) is 2. The van der Waals surface area contributed by atoms with Gasteiger partial charge in [0.15, 0.2) is 0 Å². The Labute approximate surface area is 250 Å². The van der Waals surface area contributed by atoms with Crippen LogP contribution in [0, 0.1) is 5.82 Å². The SMILES string of the molecule is CNC(=O)C(CN1C(C)c2cc(-c3cn(C(=O)OC(C)(C)C)c4cc(F)ccc34)ccc2S1(=O)=O)NC(=O)OC(C)(C)C. The van der Waals surface area contributed by atoms with Crippen LogP contribution in [0.25, 0.3) is 22.0 Å². The molecule has 43 heavy (non-hydrogen) atoms. The van der Waals surface area contributed by atoms with Crippen LogP contribution in [0.5, 0.6) is 0 Å². The van der Waals surface area contributed by atoms with E-state index in [0.29, 0.717) is 27.6 Å². The molecule has 4 rings (SSSR count). The van der Waals surface area contributed by atoms with Gasteiger partial charge in [-0.1, -0.05) is 6.07 Å². The summed E-state index contributed by atoms with van der Waals surface area (Å²) >= 11 is 0. The van der Waals surface area contributed by atoms with E-state index in [1.807, 2.05) is 0 Å². The Bertz CT molecular complexity index is 1700. The van der Waals surface area contributed by atoms with Crippen LogP contribution in [-0.4, -0.2) is 66.2 Å². The van der Waals surface area contributed by atoms with Crippen molar-refractivity contribution in [2.75, 3.05) is 13.6 Å². The third-order valence-electron chi connectivity index (χ3n) is 6.76. The Kier molecular flexibility index (Phi) is 8.37. The maximum atomic E-state index is 14.2. The molecule has 11 nitrogen and oxygen atoms in total. The van der Waals surface area contributed by atoms with E-state index in [9.17, 15) is 27.2 Å². The molecule has 2 atom stereocenters. The van der Waals surface area contributed by atoms with Crippen LogP contribution in [-0.2, 0) is 24.3 Å². The Hall–Kier alpha value is -3.97. The summed E-state index contributed by atoms with van der Waals surface area (Å²) in [6, 6.07) is 6.91. The van der Waals surface area contributed by atoms with Crippen molar-refractivity contribution in [3.63, 3.8) is 0 Å². The molecule has 0 fully saturated rings. The number of ether oxygens (including phenoxy) is 2. The minimum Gasteiger partial charge on any atom is -0.444 e. The van der Waals surface area contributed by atoms with Crippen LogP contribution >= 0.6 is 0 Å². The van der Waals surface area contributed by atoms with E-state index in [0.717, 1.165) is 4.31 Å². The third kappa shape index (κ3) is 6.67. The number of fused-ring (bicyclic) bond motifs is 2. The van der Waals surface area contributed by atoms with Crippen molar-refractivity contribution in [3.8, 4) is 11.1 Å². The minimum atomic E-state index is -4.05. The summed E-state index contributed by atoms with van der Waals surface area (Å²) in [6.45, 7) is 11.5. The molecule has 2 unspecified atom stereocenters. The van der Waals surface area contributed by atoms with Gasteiger partial charge in [-0.15, -0.1) is 0 Å². The zero-order valence-electron chi connectivity index (χ0n) is 25.4. The number of alkyl carbamates (subject to hydrolysis) is 1. The lowest BCUT2D eigenvalue weighted by molar-refractivity contribution is -0.123. The van der Waals surface area contributed by atoms with Crippen molar-refractivity contribution >= 4 is 39.0 Å². The van der Waals surface area contributed by atoms with Crippen molar-refractivity contribution in [1.82, 2.24) is 19.5 Å². The molecule has 0 saturated carbocycles. The average molecular weight is 617 g/mol. The molecule has 2 aromatic carbocycles. The Balaban J connectivity index is 1.72. The number of likely N-dealkylation sites (N-methyl/N-ethyl adjacent to an activating group) is 1. The van der Waals surface area contributed by atoms with E-state index < -0.39 is 57.2 Å². The summed E-state index contributed by atoms with van der Waals surface area (Å²) in [5.74, 6) is -1.12. The minimum absolute atomic E-state index is 0.0543. The largest absolute Gasteiger partial charge is 0.444 e. The lowest BCUT2D eigenvalue weighted by Crippen LogP contribution is -2.53. The first kappa shape index (κ1) is 32.0. The van der Waals surface area contributed by atoms with Gasteiger partial charge in [0.1, 0.15) is 23.1 Å². The summed E-state index contributed by atoms with van der Waals surface area (Å²) < 4.78 is 54.6. The van der Waals surface area contributed by atoms with E-state index in [1.54, 1.807) is 66.7 Å². The fraction of sp³-hybridized carbons (Fsp3) is 0.433. The Morgan fingerprint density at radius 2 is 1.65 bits per heavy atom. The number of rotatable bonds is 5. The molecule has 0 spiro atoms. The smallest absolute Gasteiger partial charge is 0.419 e. The number of sulfonamides is 1. The maximum Gasteiger partial charge on any atom is 0.419 e. The van der Waals surface area contributed by atoms with Crippen LogP contribution in [0.2, 0.25) is 0 Å². The molecule has 1 aromatic heterocycles. The number of amides is 2. The molecule has 0 saturated heterocycles. The highest BCUT2D eigenvalue weighted by Crippen LogP contribution is 2.42. The number of halogens is 1. The highest BCUT2D eigenvalue weighted by atomic mass is 32.2. The molecule has 0 aliphatic carbocycles. The van der Waals surface area contributed by atoms with Gasteiger partial charge < -0.3 is 20.1 Å². The van der Waals surface area contributed by atoms with Gasteiger partial charge in [0.05, 0.1) is 10.4 Å². The van der Waals surface area contributed by atoms with Gasteiger partial charge in [-0.05, 0) is 89.9 Å². The van der Waals surface area contributed by atoms with Crippen LogP contribution in [0.3, 0.4) is 0 Å². The molecule has 1 aliphatic rings. The highest BCUT2D eigenvalue weighted by molar-refractivity contribution is 7.89. The van der Waals surface area contributed by atoms with E-state index in [4.69, 9.17) is 9.47 Å². The van der Waals surface area contributed by atoms with Crippen LogP contribution in [0.1, 0.15) is 60.1 Å². The molecular weight excluding hydrogens is 579 g/mol. The summed E-state index contributed by atoms with van der Waals surface area (Å²) in [5, 5.41) is 5.49. The van der Waals surface area contributed by atoms with Crippen molar-refractivity contribution in [3.05, 3.63) is 54.0 Å². The Morgan fingerprint density at radius 1 is 1.00 bits per heavy atom. The highest BCUT2D eigenvalue weighted by Gasteiger charge is 2.43. The molecule has 0 radical (unpaired) electrons. The molecule has 0 bridgehead atoms. The first-order valence-corrected chi connectivity index (χ1v) is 15.2. The number of nitrogens with one attached hydrogen (secondary N) is 2. The summed E-state index contributed by atoms with van der Waals surface area (Å²) in [6.07, 6.45) is -0.00338. The topological polar surface area (TPSA) is 136 Å². The quantitative estimate of drug-likeness (QED) is 0.415. The number of hydrogen-bond donors (Lipinski definition) is 2. The second-order valence-corrected chi connectivity index (χ2v) is 14.2. The second-order valence-electron chi connectivity index (χ2n) is 12.4. The van der Waals surface area contributed by atoms with E-state index in [2.05, 4.69) is 10.6 Å². The number of carbonyl (C=O) groups is 3. The summed E-state index contributed by atoms with van der Waals surface area (Å²) in [5.41, 5.74) is 0.319. The number of benzene rings is 2. The number of aromatic nitrogens is 1. The third-order valence-corrected chi connectivity index (χ3v) is 8.77. The van der Waals surface area contributed by atoms with E-state index in [-0.39, 0.29) is 11.4 Å².